The highest BCUT2D eigenvalue weighted by Crippen LogP contribution is 2.47. The van der Waals surface area contributed by atoms with Gasteiger partial charge < -0.3 is 19.7 Å². The van der Waals surface area contributed by atoms with Crippen molar-refractivity contribution in [3.05, 3.63) is 23.3 Å². The van der Waals surface area contributed by atoms with Gasteiger partial charge in [-0.1, -0.05) is 33.1 Å². The second-order valence-corrected chi connectivity index (χ2v) is 8.14. The van der Waals surface area contributed by atoms with Crippen LogP contribution >= 0.6 is 0 Å². The van der Waals surface area contributed by atoms with Crippen molar-refractivity contribution in [1.29, 1.82) is 0 Å². The number of hydrogen-bond acceptors (Lipinski definition) is 3. The summed E-state index contributed by atoms with van der Waals surface area (Å²) < 4.78 is 11.1. The number of nitrogens with one attached hydrogen (secondary N) is 1. The first-order valence-corrected chi connectivity index (χ1v) is 9.77. The summed E-state index contributed by atoms with van der Waals surface area (Å²) in [5.74, 6) is 1.97. The number of rotatable bonds is 4. The molecule has 26 heavy (non-hydrogen) atoms. The highest BCUT2D eigenvalue weighted by Gasteiger charge is 2.42. The number of nitrogens with zero attached hydrogens (tertiary/aromatic N) is 1. The highest BCUT2D eigenvalue weighted by atomic mass is 16.5. The van der Waals surface area contributed by atoms with E-state index in [2.05, 4.69) is 31.3 Å². The van der Waals surface area contributed by atoms with E-state index < -0.39 is 0 Å². The zero-order valence-electron chi connectivity index (χ0n) is 16.6. The first kappa shape index (κ1) is 18.9. The molecular formula is C21H32N2O3. The normalized spacial score (nSPS) is 18.6. The van der Waals surface area contributed by atoms with Crippen molar-refractivity contribution in [3.8, 4) is 11.5 Å². The van der Waals surface area contributed by atoms with Crippen LogP contribution in [0.4, 0.5) is 4.79 Å². The number of amides is 2. The Kier molecular flexibility index (Phi) is 5.64. The summed E-state index contributed by atoms with van der Waals surface area (Å²) in [5.41, 5.74) is 2.58. The summed E-state index contributed by atoms with van der Waals surface area (Å²) in [6.45, 7) is 6.36. The SMILES string of the molecule is COc1cc2c(cc1OC)C1(CCCCC1)CN(C(=O)NCC(C)C)C2. The van der Waals surface area contributed by atoms with E-state index in [0.29, 0.717) is 19.0 Å². The molecule has 1 aromatic carbocycles. The van der Waals surface area contributed by atoms with Crippen LogP contribution in [0.2, 0.25) is 0 Å². The van der Waals surface area contributed by atoms with Gasteiger partial charge in [0.2, 0.25) is 0 Å². The Morgan fingerprint density at radius 3 is 2.42 bits per heavy atom. The Hall–Kier alpha value is -1.91. The van der Waals surface area contributed by atoms with E-state index in [1.165, 1.54) is 30.4 Å². The topological polar surface area (TPSA) is 50.8 Å². The molecule has 0 unspecified atom stereocenters. The van der Waals surface area contributed by atoms with Crippen LogP contribution in [0.15, 0.2) is 12.1 Å². The molecule has 144 valence electrons. The largest absolute Gasteiger partial charge is 0.493 e. The van der Waals surface area contributed by atoms with Crippen molar-refractivity contribution < 1.29 is 14.3 Å². The van der Waals surface area contributed by atoms with Crippen molar-refractivity contribution in [2.45, 2.75) is 57.9 Å². The Morgan fingerprint density at radius 1 is 1.15 bits per heavy atom. The van der Waals surface area contributed by atoms with Gasteiger partial charge >= 0.3 is 6.03 Å². The minimum Gasteiger partial charge on any atom is -0.493 e. The average molecular weight is 360 g/mol. The van der Waals surface area contributed by atoms with Crippen LogP contribution in [0.5, 0.6) is 11.5 Å². The summed E-state index contributed by atoms with van der Waals surface area (Å²) >= 11 is 0. The first-order chi connectivity index (χ1) is 12.5. The lowest BCUT2D eigenvalue weighted by molar-refractivity contribution is 0.144. The smallest absolute Gasteiger partial charge is 0.317 e. The minimum absolute atomic E-state index is 0.0422. The molecule has 1 aliphatic carbocycles. The maximum Gasteiger partial charge on any atom is 0.317 e. The monoisotopic (exact) mass is 360 g/mol. The molecule has 0 atom stereocenters. The molecule has 5 heteroatoms. The number of carbonyl (C=O) groups is 1. The molecule has 2 aliphatic rings. The van der Waals surface area contributed by atoms with Crippen molar-refractivity contribution in [2.24, 2.45) is 5.92 Å². The lowest BCUT2D eigenvalue weighted by Crippen LogP contribution is -2.52. The molecule has 5 nitrogen and oxygen atoms in total. The summed E-state index contributed by atoms with van der Waals surface area (Å²) in [6, 6.07) is 4.26. The number of urea groups is 1. The lowest BCUT2D eigenvalue weighted by atomic mass is 9.66. The van der Waals surface area contributed by atoms with Crippen LogP contribution in [0.25, 0.3) is 0 Å². The number of ether oxygens (including phenoxy) is 2. The number of methoxy groups -OCH3 is 2. The predicted octanol–water partition coefficient (Wildman–Crippen LogP) is 4.09. The quantitative estimate of drug-likeness (QED) is 0.880. The van der Waals surface area contributed by atoms with Crippen molar-refractivity contribution in [1.82, 2.24) is 10.2 Å². The van der Waals surface area contributed by atoms with Crippen LogP contribution in [0.1, 0.15) is 57.1 Å². The van der Waals surface area contributed by atoms with Gasteiger partial charge in [-0.05, 0) is 42.0 Å². The third kappa shape index (κ3) is 3.62. The first-order valence-electron chi connectivity index (χ1n) is 9.77. The van der Waals surface area contributed by atoms with Gasteiger partial charge in [-0.25, -0.2) is 4.79 Å². The molecule has 1 aromatic rings. The molecule has 0 aromatic heterocycles. The second-order valence-electron chi connectivity index (χ2n) is 8.14. The number of benzene rings is 1. The number of hydrogen-bond donors (Lipinski definition) is 1. The third-order valence-corrected chi connectivity index (χ3v) is 5.79. The van der Waals surface area contributed by atoms with E-state index >= 15 is 0 Å². The van der Waals surface area contributed by atoms with E-state index in [1.54, 1.807) is 14.2 Å². The minimum atomic E-state index is 0.0422. The van der Waals surface area contributed by atoms with Crippen molar-refractivity contribution >= 4 is 6.03 Å². The number of carbonyl (C=O) groups excluding carboxylic acids is 1. The van der Waals surface area contributed by atoms with E-state index in [0.717, 1.165) is 30.9 Å². The summed E-state index contributed by atoms with van der Waals surface area (Å²) in [7, 11) is 3.35. The Bertz CT molecular complexity index is 651. The molecule has 1 fully saturated rings. The maximum atomic E-state index is 12.8. The van der Waals surface area contributed by atoms with Gasteiger partial charge in [0.15, 0.2) is 11.5 Å². The fraction of sp³-hybridized carbons (Fsp3) is 0.667. The Labute approximate surface area is 157 Å². The van der Waals surface area contributed by atoms with E-state index in [-0.39, 0.29) is 11.4 Å². The molecule has 2 amide bonds. The fourth-order valence-corrected chi connectivity index (χ4v) is 4.46. The Balaban J connectivity index is 1.96. The average Bonchev–Trinajstić information content (AvgIpc) is 2.65. The molecule has 1 heterocycles. The zero-order valence-corrected chi connectivity index (χ0v) is 16.6. The summed E-state index contributed by atoms with van der Waals surface area (Å²) in [6.07, 6.45) is 5.97. The van der Waals surface area contributed by atoms with Crippen LogP contribution in [0.3, 0.4) is 0 Å². The summed E-state index contributed by atoms with van der Waals surface area (Å²) in [4.78, 5) is 14.8. The molecular weight excluding hydrogens is 328 g/mol. The van der Waals surface area contributed by atoms with Crippen molar-refractivity contribution in [2.75, 3.05) is 27.3 Å². The van der Waals surface area contributed by atoms with Gasteiger partial charge in [-0.15, -0.1) is 0 Å². The molecule has 1 saturated carbocycles. The van der Waals surface area contributed by atoms with E-state index in [4.69, 9.17) is 9.47 Å². The van der Waals surface area contributed by atoms with Crippen LogP contribution in [-0.2, 0) is 12.0 Å². The maximum absolute atomic E-state index is 12.8. The van der Waals surface area contributed by atoms with Gasteiger partial charge in [0.1, 0.15) is 0 Å². The molecule has 0 radical (unpaired) electrons. The third-order valence-electron chi connectivity index (χ3n) is 5.79. The van der Waals surface area contributed by atoms with Gasteiger partial charge in [0.25, 0.3) is 0 Å². The second kappa shape index (κ2) is 7.77. The number of fused-ring (bicyclic) bond motifs is 2. The lowest BCUT2D eigenvalue weighted by Gasteiger charge is -2.46. The van der Waals surface area contributed by atoms with Gasteiger partial charge in [-0.3, -0.25) is 0 Å². The standard InChI is InChI=1S/C21H32N2O3/c1-15(2)12-22-20(24)23-13-16-10-18(25-3)19(26-4)11-17(16)21(14-23)8-6-5-7-9-21/h10-11,15H,5-9,12-14H2,1-4H3,(H,22,24). The predicted molar refractivity (Wildman–Crippen MR) is 103 cm³/mol. The van der Waals surface area contributed by atoms with E-state index in [1.807, 2.05) is 4.90 Å². The summed E-state index contributed by atoms with van der Waals surface area (Å²) in [5, 5.41) is 3.09. The molecule has 3 rings (SSSR count). The molecule has 1 spiro atoms. The van der Waals surface area contributed by atoms with E-state index in [9.17, 15) is 4.79 Å². The van der Waals surface area contributed by atoms with Gasteiger partial charge in [-0.2, -0.15) is 0 Å². The van der Waals surface area contributed by atoms with Gasteiger partial charge in [0, 0.05) is 25.0 Å². The Morgan fingerprint density at radius 2 is 1.81 bits per heavy atom. The fourth-order valence-electron chi connectivity index (χ4n) is 4.46. The molecule has 0 saturated heterocycles. The molecule has 0 bridgehead atoms. The van der Waals surface area contributed by atoms with Crippen LogP contribution < -0.4 is 14.8 Å². The van der Waals surface area contributed by atoms with Crippen LogP contribution in [-0.4, -0.2) is 38.2 Å². The highest BCUT2D eigenvalue weighted by molar-refractivity contribution is 5.75. The van der Waals surface area contributed by atoms with Crippen LogP contribution in [0, 0.1) is 5.92 Å². The zero-order chi connectivity index (χ0) is 18.7. The van der Waals surface area contributed by atoms with Crippen molar-refractivity contribution in [3.63, 3.8) is 0 Å². The molecule has 1 N–H and O–H groups in total. The molecule has 1 aliphatic heterocycles. The van der Waals surface area contributed by atoms with Gasteiger partial charge in [0.05, 0.1) is 14.2 Å².